The zero-order valence-electron chi connectivity index (χ0n) is 12.9. The number of amides is 3. The molecule has 126 valence electrons. The molecule has 2 rings (SSSR count). The highest BCUT2D eigenvalue weighted by Crippen LogP contribution is 2.17. The Hall–Kier alpha value is -2.94. The Labute approximate surface area is 142 Å². The fourth-order valence-electron chi connectivity index (χ4n) is 1.78. The zero-order valence-corrected chi connectivity index (χ0v) is 13.7. The van der Waals surface area contributed by atoms with Gasteiger partial charge in [0.25, 0.3) is 5.91 Å². The van der Waals surface area contributed by atoms with Crippen molar-refractivity contribution >= 4 is 40.1 Å². The van der Waals surface area contributed by atoms with Gasteiger partial charge in [0, 0.05) is 16.6 Å². The number of ether oxygens (including phenoxy) is 1. The lowest BCUT2D eigenvalue weighted by Crippen LogP contribution is -2.15. The highest BCUT2D eigenvalue weighted by Gasteiger charge is 2.11. The van der Waals surface area contributed by atoms with E-state index in [1.165, 1.54) is 11.3 Å². The summed E-state index contributed by atoms with van der Waals surface area (Å²) in [4.78, 5) is 38.4. The molecule has 0 aliphatic carbocycles. The van der Waals surface area contributed by atoms with Crippen LogP contribution in [0.2, 0.25) is 0 Å². The minimum atomic E-state index is -0.556. The number of rotatable bonds is 6. The van der Waals surface area contributed by atoms with Crippen molar-refractivity contribution < 1.29 is 19.1 Å². The van der Waals surface area contributed by atoms with Crippen LogP contribution in [-0.2, 0) is 16.0 Å². The van der Waals surface area contributed by atoms with Gasteiger partial charge in [0.2, 0.25) is 5.91 Å². The number of carbonyl (C=O) groups excluding carboxylic acids is 3. The van der Waals surface area contributed by atoms with Crippen LogP contribution in [0.4, 0.5) is 15.6 Å². The summed E-state index contributed by atoms with van der Waals surface area (Å²) in [6, 6.07) is 6.31. The summed E-state index contributed by atoms with van der Waals surface area (Å²) in [6.07, 6.45) is -0.528. The summed E-state index contributed by atoms with van der Waals surface area (Å²) in [5, 5.41) is 7.21. The second-order valence-corrected chi connectivity index (χ2v) is 5.52. The van der Waals surface area contributed by atoms with Crippen LogP contribution in [-0.4, -0.2) is 29.5 Å². The summed E-state index contributed by atoms with van der Waals surface area (Å²) in [5.41, 5.74) is 6.52. The minimum absolute atomic E-state index is 0.0284. The van der Waals surface area contributed by atoms with Crippen molar-refractivity contribution in [3.8, 4) is 0 Å². The Morgan fingerprint density at radius 2 is 1.92 bits per heavy atom. The monoisotopic (exact) mass is 348 g/mol. The van der Waals surface area contributed by atoms with Crippen LogP contribution >= 0.6 is 11.3 Å². The summed E-state index contributed by atoms with van der Waals surface area (Å²) in [5.74, 6) is -0.833. The minimum Gasteiger partial charge on any atom is -0.450 e. The van der Waals surface area contributed by atoms with E-state index in [9.17, 15) is 14.4 Å². The van der Waals surface area contributed by atoms with E-state index in [2.05, 4.69) is 15.6 Å². The molecule has 0 aliphatic rings. The normalized spacial score (nSPS) is 10.0. The second-order valence-electron chi connectivity index (χ2n) is 4.66. The molecule has 9 heteroatoms. The van der Waals surface area contributed by atoms with Gasteiger partial charge in [-0.2, -0.15) is 0 Å². The predicted molar refractivity (Wildman–Crippen MR) is 90.1 cm³/mol. The number of hydrogen-bond acceptors (Lipinski definition) is 6. The van der Waals surface area contributed by atoms with E-state index in [-0.39, 0.29) is 18.9 Å². The van der Waals surface area contributed by atoms with E-state index in [1.807, 2.05) is 0 Å². The highest BCUT2D eigenvalue weighted by atomic mass is 32.1. The van der Waals surface area contributed by atoms with Gasteiger partial charge in [0.05, 0.1) is 18.7 Å². The Morgan fingerprint density at radius 1 is 1.21 bits per heavy atom. The molecule has 0 fully saturated rings. The molecule has 1 heterocycles. The van der Waals surface area contributed by atoms with Crippen molar-refractivity contribution in [2.24, 2.45) is 5.73 Å². The van der Waals surface area contributed by atoms with Crippen molar-refractivity contribution in [2.45, 2.75) is 13.3 Å². The third kappa shape index (κ3) is 5.06. The number of aromatic nitrogens is 1. The molecule has 0 atom stereocenters. The quantitative estimate of drug-likeness (QED) is 0.736. The van der Waals surface area contributed by atoms with Gasteiger partial charge in [-0.1, -0.05) is 0 Å². The van der Waals surface area contributed by atoms with Crippen molar-refractivity contribution in [3.05, 3.63) is 40.9 Å². The van der Waals surface area contributed by atoms with E-state index >= 15 is 0 Å². The molecule has 0 saturated heterocycles. The van der Waals surface area contributed by atoms with Gasteiger partial charge in [0.15, 0.2) is 5.13 Å². The lowest BCUT2D eigenvalue weighted by Gasteiger charge is -2.06. The maximum Gasteiger partial charge on any atom is 0.411 e. The first-order chi connectivity index (χ1) is 11.5. The van der Waals surface area contributed by atoms with E-state index in [4.69, 9.17) is 10.5 Å². The van der Waals surface area contributed by atoms with Crippen LogP contribution in [0, 0.1) is 0 Å². The molecule has 8 nitrogen and oxygen atoms in total. The van der Waals surface area contributed by atoms with Crippen LogP contribution in [0.5, 0.6) is 0 Å². The third-order valence-corrected chi connectivity index (χ3v) is 3.60. The summed E-state index contributed by atoms with van der Waals surface area (Å²) in [6.45, 7) is 1.98. The molecule has 0 saturated carbocycles. The van der Waals surface area contributed by atoms with Crippen molar-refractivity contribution in [2.75, 3.05) is 17.2 Å². The van der Waals surface area contributed by atoms with E-state index in [0.29, 0.717) is 22.1 Å². The number of thiazole rings is 1. The van der Waals surface area contributed by atoms with Gasteiger partial charge in [0.1, 0.15) is 0 Å². The second kappa shape index (κ2) is 8.06. The van der Waals surface area contributed by atoms with Crippen LogP contribution < -0.4 is 16.4 Å². The Kier molecular flexibility index (Phi) is 5.85. The first-order valence-electron chi connectivity index (χ1n) is 7.06. The standard InChI is InChI=1S/C15H16N4O4S/c1-2-23-15(22)18-10-5-3-9(4-6-10)13(21)19-14-17-11(8-24-14)7-12(16)20/h3-6,8H,2,7H2,1H3,(H2,16,20)(H,18,22)(H,17,19,21). The molecule has 0 spiro atoms. The molecular formula is C15H16N4O4S. The number of nitrogens with two attached hydrogens (primary N) is 1. The molecular weight excluding hydrogens is 332 g/mol. The van der Waals surface area contributed by atoms with Crippen LogP contribution in [0.15, 0.2) is 29.6 Å². The van der Waals surface area contributed by atoms with Gasteiger partial charge in [-0.05, 0) is 31.2 Å². The van der Waals surface area contributed by atoms with Crippen molar-refractivity contribution in [1.82, 2.24) is 4.98 Å². The largest absolute Gasteiger partial charge is 0.450 e. The lowest BCUT2D eigenvalue weighted by molar-refractivity contribution is -0.117. The lowest BCUT2D eigenvalue weighted by atomic mass is 10.2. The zero-order chi connectivity index (χ0) is 17.5. The van der Waals surface area contributed by atoms with Gasteiger partial charge in [-0.25, -0.2) is 9.78 Å². The van der Waals surface area contributed by atoms with E-state index < -0.39 is 12.0 Å². The molecule has 0 aliphatic heterocycles. The van der Waals surface area contributed by atoms with Crippen LogP contribution in [0.1, 0.15) is 23.0 Å². The number of carbonyl (C=O) groups is 3. The number of nitrogens with one attached hydrogen (secondary N) is 2. The van der Waals surface area contributed by atoms with Gasteiger partial charge in [-0.3, -0.25) is 20.2 Å². The van der Waals surface area contributed by atoms with Crippen LogP contribution in [0.25, 0.3) is 0 Å². The predicted octanol–water partition coefficient (Wildman–Crippen LogP) is 1.99. The summed E-state index contributed by atoms with van der Waals surface area (Å²) >= 11 is 1.21. The highest BCUT2D eigenvalue weighted by molar-refractivity contribution is 7.14. The molecule has 24 heavy (non-hydrogen) atoms. The SMILES string of the molecule is CCOC(=O)Nc1ccc(C(=O)Nc2nc(CC(N)=O)cs2)cc1. The van der Waals surface area contributed by atoms with Gasteiger partial charge >= 0.3 is 6.09 Å². The summed E-state index contributed by atoms with van der Waals surface area (Å²) < 4.78 is 4.76. The van der Waals surface area contributed by atoms with Gasteiger partial charge in [-0.15, -0.1) is 11.3 Å². The fraction of sp³-hybridized carbons (Fsp3) is 0.200. The van der Waals surface area contributed by atoms with Crippen molar-refractivity contribution in [3.63, 3.8) is 0 Å². The molecule has 0 unspecified atom stereocenters. The van der Waals surface area contributed by atoms with Gasteiger partial charge < -0.3 is 10.5 Å². The Balaban J connectivity index is 1.96. The average molecular weight is 348 g/mol. The molecule has 0 radical (unpaired) electrons. The molecule has 1 aromatic heterocycles. The number of benzene rings is 1. The molecule has 1 aromatic carbocycles. The van der Waals surface area contributed by atoms with Crippen LogP contribution in [0.3, 0.4) is 0 Å². The average Bonchev–Trinajstić information content (AvgIpc) is 2.94. The first kappa shape index (κ1) is 17.4. The smallest absolute Gasteiger partial charge is 0.411 e. The number of nitrogens with zero attached hydrogens (tertiary/aromatic N) is 1. The molecule has 3 amide bonds. The topological polar surface area (TPSA) is 123 Å². The Bertz CT molecular complexity index is 742. The molecule has 0 bridgehead atoms. The number of anilines is 2. The van der Waals surface area contributed by atoms with E-state index in [0.717, 1.165) is 0 Å². The van der Waals surface area contributed by atoms with Crippen molar-refractivity contribution in [1.29, 1.82) is 0 Å². The Morgan fingerprint density at radius 3 is 2.54 bits per heavy atom. The first-order valence-corrected chi connectivity index (χ1v) is 7.93. The molecule has 2 aromatic rings. The summed E-state index contributed by atoms with van der Waals surface area (Å²) in [7, 11) is 0. The fourth-order valence-corrected chi connectivity index (χ4v) is 2.49. The molecule has 4 N–H and O–H groups in total. The maximum atomic E-state index is 12.1. The maximum absolute atomic E-state index is 12.1. The third-order valence-electron chi connectivity index (χ3n) is 2.80. The van der Waals surface area contributed by atoms with E-state index in [1.54, 1.807) is 36.6 Å². The number of primary amides is 1. The number of hydrogen-bond donors (Lipinski definition) is 3.